The summed E-state index contributed by atoms with van der Waals surface area (Å²) in [5, 5.41) is 9.35. The number of ether oxygens (including phenoxy) is 2. The molecule has 0 aromatic rings. The Morgan fingerprint density at radius 2 is 1.92 bits per heavy atom. The van der Waals surface area contributed by atoms with Gasteiger partial charge in [-0.25, -0.2) is 0 Å². The minimum absolute atomic E-state index is 0.00616. The molecule has 3 heterocycles. The lowest BCUT2D eigenvalue weighted by molar-refractivity contribution is -0.163. The van der Waals surface area contributed by atoms with Crippen LogP contribution in [0.25, 0.3) is 0 Å². The monoisotopic (exact) mass is 518 g/mol. The second-order valence-electron chi connectivity index (χ2n) is 12.0. The number of aliphatic hydroxyl groups excluding tert-OH is 1. The van der Waals surface area contributed by atoms with E-state index < -0.39 is 40.6 Å². The molecule has 6 atom stereocenters. The van der Waals surface area contributed by atoms with Gasteiger partial charge in [0.15, 0.2) is 0 Å². The lowest BCUT2D eigenvalue weighted by Gasteiger charge is -2.42. The Balaban J connectivity index is 2.00. The van der Waals surface area contributed by atoms with Gasteiger partial charge in [-0.2, -0.15) is 0 Å². The van der Waals surface area contributed by atoms with E-state index in [1.165, 1.54) is 0 Å². The summed E-state index contributed by atoms with van der Waals surface area (Å²) in [4.78, 5) is 45.2. The molecule has 0 radical (unpaired) electrons. The van der Waals surface area contributed by atoms with Gasteiger partial charge in [-0.3, -0.25) is 14.4 Å². The smallest absolute Gasteiger partial charge is 0.312 e. The van der Waals surface area contributed by atoms with Crippen LogP contribution in [0.4, 0.5) is 0 Å². The molecular formula is C29H46N2O6. The van der Waals surface area contributed by atoms with Crippen LogP contribution in [0.1, 0.15) is 73.1 Å². The molecule has 3 unspecified atom stereocenters. The maximum absolute atomic E-state index is 14.3. The number of allylic oxidation sites excluding steroid dienone is 1. The summed E-state index contributed by atoms with van der Waals surface area (Å²) in [7, 11) is 0. The van der Waals surface area contributed by atoms with Crippen LogP contribution in [0.3, 0.4) is 0 Å². The first kappa shape index (κ1) is 29.4. The molecule has 8 heteroatoms. The van der Waals surface area contributed by atoms with Crippen molar-refractivity contribution in [1.82, 2.24) is 9.80 Å². The molecule has 3 rings (SSSR count). The molecule has 1 spiro atoms. The van der Waals surface area contributed by atoms with Crippen LogP contribution in [0.2, 0.25) is 0 Å². The van der Waals surface area contributed by atoms with Crippen molar-refractivity contribution in [2.75, 3.05) is 26.3 Å². The zero-order valence-corrected chi connectivity index (χ0v) is 23.3. The van der Waals surface area contributed by atoms with Crippen molar-refractivity contribution in [3.8, 4) is 0 Å². The number of aliphatic hydroxyl groups is 1. The summed E-state index contributed by atoms with van der Waals surface area (Å²) < 4.78 is 12.4. The lowest BCUT2D eigenvalue weighted by atomic mass is 9.62. The van der Waals surface area contributed by atoms with Gasteiger partial charge >= 0.3 is 5.97 Å². The van der Waals surface area contributed by atoms with Gasteiger partial charge in [0.05, 0.1) is 18.1 Å². The number of hydrogen-bond donors (Lipinski definition) is 1. The summed E-state index contributed by atoms with van der Waals surface area (Å²) in [6, 6.07) is -0.850. The quantitative estimate of drug-likeness (QED) is 0.228. The minimum Gasteiger partial charge on any atom is -0.465 e. The Hall–Kier alpha value is -2.19. The van der Waals surface area contributed by atoms with E-state index in [1.54, 1.807) is 15.9 Å². The summed E-state index contributed by atoms with van der Waals surface area (Å²) in [6.45, 7) is 18.3. The van der Waals surface area contributed by atoms with Gasteiger partial charge in [0.1, 0.15) is 17.6 Å². The number of hydrogen-bond acceptors (Lipinski definition) is 6. The second-order valence-corrected chi connectivity index (χ2v) is 12.0. The van der Waals surface area contributed by atoms with E-state index in [-0.39, 0.29) is 30.9 Å². The molecule has 3 fully saturated rings. The van der Waals surface area contributed by atoms with Crippen LogP contribution in [0.5, 0.6) is 0 Å². The Morgan fingerprint density at radius 3 is 2.51 bits per heavy atom. The first-order valence-electron chi connectivity index (χ1n) is 13.7. The van der Waals surface area contributed by atoms with E-state index >= 15 is 0 Å². The Labute approximate surface area is 222 Å². The molecule has 0 aromatic carbocycles. The largest absolute Gasteiger partial charge is 0.465 e. The molecule has 0 aliphatic carbocycles. The number of amides is 2. The summed E-state index contributed by atoms with van der Waals surface area (Å²) in [6.07, 6.45) is 7.56. The lowest BCUT2D eigenvalue weighted by Crippen LogP contribution is -2.60. The number of likely N-dealkylation sites (tertiary alicyclic amines) is 1. The highest BCUT2D eigenvalue weighted by Gasteiger charge is 2.80. The Morgan fingerprint density at radius 1 is 1.22 bits per heavy atom. The van der Waals surface area contributed by atoms with E-state index in [0.29, 0.717) is 32.4 Å². The first-order valence-corrected chi connectivity index (χ1v) is 13.7. The van der Waals surface area contributed by atoms with Gasteiger partial charge < -0.3 is 24.4 Å². The van der Waals surface area contributed by atoms with E-state index in [9.17, 15) is 19.5 Å². The Bertz CT molecular complexity index is 897. The van der Waals surface area contributed by atoms with Gasteiger partial charge in [0, 0.05) is 25.2 Å². The summed E-state index contributed by atoms with van der Waals surface area (Å²) in [5.41, 5.74) is -2.49. The SMILES string of the molecule is C=CCCCCOC(=O)[C@H]1[C@H]2C(=O)N(CCCCO)C(C(=O)N(CC=C)C(C)(C)C)C23CC(C)[C@]1(C)O3. The molecule has 0 saturated carbocycles. The van der Waals surface area contributed by atoms with Crippen molar-refractivity contribution in [3.63, 3.8) is 0 Å². The van der Waals surface area contributed by atoms with Crippen LogP contribution < -0.4 is 0 Å². The molecular weight excluding hydrogens is 472 g/mol. The van der Waals surface area contributed by atoms with Crippen molar-refractivity contribution >= 4 is 17.8 Å². The predicted molar refractivity (Wildman–Crippen MR) is 141 cm³/mol. The number of nitrogens with zero attached hydrogens (tertiary/aromatic N) is 2. The topological polar surface area (TPSA) is 96.4 Å². The normalized spacial score (nSPS) is 32.4. The number of esters is 1. The molecule has 3 saturated heterocycles. The third-order valence-electron chi connectivity index (χ3n) is 8.54. The molecule has 0 aromatic heterocycles. The fourth-order valence-electron chi connectivity index (χ4n) is 6.64. The standard InChI is InChI=1S/C29H46N2O6/c1-8-10-11-14-18-36-26(35)22-21-24(33)30(16-12-13-17-32)23(25(34)31(15-9-2)27(4,5)6)29(21)19-20(3)28(22,7)37-29/h8-9,20-23,32H,1-2,10-19H2,3-7H3/t20?,21-,22+,23?,28-,29?/m0/s1. The molecule has 3 aliphatic heterocycles. The van der Waals surface area contributed by atoms with Crippen molar-refractivity contribution in [1.29, 1.82) is 0 Å². The van der Waals surface area contributed by atoms with Crippen LogP contribution >= 0.6 is 0 Å². The molecule has 208 valence electrons. The number of fused-ring (bicyclic) bond motifs is 1. The predicted octanol–water partition coefficient (Wildman–Crippen LogP) is 3.48. The minimum atomic E-state index is -1.10. The van der Waals surface area contributed by atoms with Gasteiger partial charge in [-0.05, 0) is 72.1 Å². The van der Waals surface area contributed by atoms with Crippen molar-refractivity contribution in [2.45, 2.75) is 95.9 Å². The highest BCUT2D eigenvalue weighted by atomic mass is 16.6. The van der Waals surface area contributed by atoms with Crippen molar-refractivity contribution in [2.24, 2.45) is 17.8 Å². The number of carbonyl (C=O) groups is 3. The summed E-state index contributed by atoms with van der Waals surface area (Å²) >= 11 is 0. The van der Waals surface area contributed by atoms with Crippen molar-refractivity contribution < 1.29 is 29.0 Å². The molecule has 3 aliphatic rings. The van der Waals surface area contributed by atoms with E-state index in [2.05, 4.69) is 13.2 Å². The zero-order valence-electron chi connectivity index (χ0n) is 23.3. The average molecular weight is 519 g/mol. The van der Waals surface area contributed by atoms with Crippen molar-refractivity contribution in [3.05, 3.63) is 25.3 Å². The van der Waals surface area contributed by atoms with Gasteiger partial charge in [-0.15, -0.1) is 13.2 Å². The molecule has 8 nitrogen and oxygen atoms in total. The third kappa shape index (κ3) is 5.11. The van der Waals surface area contributed by atoms with E-state index in [4.69, 9.17) is 9.47 Å². The van der Waals surface area contributed by atoms with Crippen LogP contribution in [-0.4, -0.2) is 81.8 Å². The van der Waals surface area contributed by atoms with Gasteiger partial charge in [0.2, 0.25) is 11.8 Å². The number of carbonyl (C=O) groups excluding carboxylic acids is 3. The Kier molecular flexibility index (Phi) is 8.95. The first-order chi connectivity index (χ1) is 17.4. The fraction of sp³-hybridized carbons (Fsp3) is 0.759. The average Bonchev–Trinajstić information content (AvgIpc) is 3.33. The molecule has 37 heavy (non-hydrogen) atoms. The van der Waals surface area contributed by atoms with Gasteiger partial charge in [-0.1, -0.05) is 19.1 Å². The number of unbranched alkanes of at least 4 members (excludes halogenated alkanes) is 3. The molecule has 2 amide bonds. The number of rotatable bonds is 13. The second kappa shape index (κ2) is 11.3. The van der Waals surface area contributed by atoms with Gasteiger partial charge in [0.25, 0.3) is 0 Å². The fourth-order valence-corrected chi connectivity index (χ4v) is 6.64. The van der Waals surface area contributed by atoms with Crippen LogP contribution in [0, 0.1) is 17.8 Å². The maximum Gasteiger partial charge on any atom is 0.312 e. The van der Waals surface area contributed by atoms with E-state index in [0.717, 1.165) is 19.3 Å². The third-order valence-corrected chi connectivity index (χ3v) is 8.54. The summed E-state index contributed by atoms with van der Waals surface area (Å²) in [5.74, 6) is -2.43. The maximum atomic E-state index is 14.3. The van der Waals surface area contributed by atoms with Crippen LogP contribution in [-0.2, 0) is 23.9 Å². The van der Waals surface area contributed by atoms with Crippen LogP contribution in [0.15, 0.2) is 25.3 Å². The molecule has 1 N–H and O–H groups in total. The highest BCUT2D eigenvalue weighted by Crippen LogP contribution is 2.65. The molecule has 2 bridgehead atoms. The van der Waals surface area contributed by atoms with E-state index in [1.807, 2.05) is 40.7 Å². The highest BCUT2D eigenvalue weighted by molar-refractivity contribution is 5.98. The zero-order chi connectivity index (χ0) is 27.6.